The van der Waals surface area contributed by atoms with E-state index in [9.17, 15) is 4.79 Å². The number of hydrogen-bond donors (Lipinski definition) is 2. The zero-order valence-corrected chi connectivity index (χ0v) is 12.3. The summed E-state index contributed by atoms with van der Waals surface area (Å²) in [6, 6.07) is 12.9. The zero-order valence-electron chi connectivity index (χ0n) is 12.3. The summed E-state index contributed by atoms with van der Waals surface area (Å²) in [5.41, 5.74) is 7.07. The van der Waals surface area contributed by atoms with Crippen LogP contribution in [-0.2, 0) is 0 Å². The van der Waals surface area contributed by atoms with Gasteiger partial charge in [0, 0.05) is 43.8 Å². The Morgan fingerprint density at radius 3 is 2.41 bits per heavy atom. The summed E-state index contributed by atoms with van der Waals surface area (Å²) in [5, 5.41) is 2.89. The molecular formula is C16H19N5O. The number of nitrogens with zero attached hydrogens (tertiary/aromatic N) is 3. The van der Waals surface area contributed by atoms with Gasteiger partial charge in [-0.25, -0.2) is 9.78 Å². The van der Waals surface area contributed by atoms with Crippen LogP contribution in [0.5, 0.6) is 0 Å². The number of amides is 2. The van der Waals surface area contributed by atoms with Crippen LogP contribution in [0.1, 0.15) is 0 Å². The normalized spacial score (nSPS) is 14.7. The molecule has 2 amide bonds. The third kappa shape index (κ3) is 3.28. The van der Waals surface area contributed by atoms with Crippen molar-refractivity contribution in [1.29, 1.82) is 0 Å². The largest absolute Gasteiger partial charge is 0.399 e. The van der Waals surface area contributed by atoms with Crippen LogP contribution in [0, 0.1) is 0 Å². The number of hydrogen-bond acceptors (Lipinski definition) is 4. The fraction of sp³-hybridized carbons (Fsp3) is 0.250. The number of piperazine rings is 1. The minimum absolute atomic E-state index is 0.0783. The van der Waals surface area contributed by atoms with Crippen molar-refractivity contribution in [2.45, 2.75) is 0 Å². The number of carbonyl (C=O) groups excluding carboxylic acids is 1. The van der Waals surface area contributed by atoms with E-state index in [1.807, 2.05) is 23.1 Å². The van der Waals surface area contributed by atoms with Crippen LogP contribution in [0.2, 0.25) is 0 Å². The summed E-state index contributed by atoms with van der Waals surface area (Å²) in [4.78, 5) is 20.6. The molecule has 0 bridgehead atoms. The van der Waals surface area contributed by atoms with E-state index in [2.05, 4.69) is 15.2 Å². The van der Waals surface area contributed by atoms with Gasteiger partial charge in [0.15, 0.2) is 0 Å². The van der Waals surface area contributed by atoms with Crippen LogP contribution in [0.3, 0.4) is 0 Å². The Morgan fingerprint density at radius 2 is 1.77 bits per heavy atom. The molecule has 1 saturated heterocycles. The molecule has 2 aromatic rings. The first-order valence-electron chi connectivity index (χ1n) is 7.30. The van der Waals surface area contributed by atoms with Gasteiger partial charge in [-0.1, -0.05) is 6.07 Å². The number of carbonyl (C=O) groups is 1. The summed E-state index contributed by atoms with van der Waals surface area (Å²) >= 11 is 0. The molecule has 2 heterocycles. The molecule has 1 aromatic heterocycles. The van der Waals surface area contributed by atoms with Gasteiger partial charge in [0.2, 0.25) is 0 Å². The summed E-state index contributed by atoms with van der Waals surface area (Å²) in [7, 11) is 0. The van der Waals surface area contributed by atoms with Crippen LogP contribution in [0.25, 0.3) is 0 Å². The zero-order chi connectivity index (χ0) is 15.4. The molecule has 0 atom stereocenters. The second-order valence-electron chi connectivity index (χ2n) is 5.21. The molecule has 1 aromatic carbocycles. The number of nitrogens with two attached hydrogens (primary N) is 1. The highest BCUT2D eigenvalue weighted by molar-refractivity contribution is 5.89. The molecule has 0 radical (unpaired) electrons. The maximum atomic E-state index is 12.2. The molecule has 6 heteroatoms. The minimum atomic E-state index is -0.0783. The number of rotatable bonds is 2. The van der Waals surface area contributed by atoms with Gasteiger partial charge >= 0.3 is 6.03 Å². The molecule has 22 heavy (non-hydrogen) atoms. The van der Waals surface area contributed by atoms with Gasteiger partial charge in [0.1, 0.15) is 5.82 Å². The minimum Gasteiger partial charge on any atom is -0.399 e. The fourth-order valence-electron chi connectivity index (χ4n) is 2.45. The Balaban J connectivity index is 1.54. The monoisotopic (exact) mass is 297 g/mol. The predicted octanol–water partition coefficient (Wildman–Crippen LogP) is 2.02. The Labute approximate surface area is 129 Å². The summed E-state index contributed by atoms with van der Waals surface area (Å²) < 4.78 is 0. The van der Waals surface area contributed by atoms with Crippen LogP contribution in [0.15, 0.2) is 48.7 Å². The highest BCUT2D eigenvalue weighted by Gasteiger charge is 2.21. The first kappa shape index (κ1) is 14.2. The van der Waals surface area contributed by atoms with E-state index in [-0.39, 0.29) is 6.03 Å². The number of benzene rings is 1. The lowest BCUT2D eigenvalue weighted by Gasteiger charge is -2.35. The van der Waals surface area contributed by atoms with Crippen molar-refractivity contribution < 1.29 is 4.79 Å². The number of nitrogen functional groups attached to an aromatic ring is 1. The van der Waals surface area contributed by atoms with Gasteiger partial charge in [0.25, 0.3) is 0 Å². The number of urea groups is 1. The van der Waals surface area contributed by atoms with Crippen LogP contribution in [0.4, 0.5) is 22.0 Å². The fourth-order valence-corrected chi connectivity index (χ4v) is 2.45. The summed E-state index contributed by atoms with van der Waals surface area (Å²) in [6.07, 6.45) is 1.79. The molecule has 6 nitrogen and oxygen atoms in total. The van der Waals surface area contributed by atoms with Gasteiger partial charge in [-0.2, -0.15) is 0 Å². The maximum Gasteiger partial charge on any atom is 0.321 e. The molecule has 0 saturated carbocycles. The van der Waals surface area contributed by atoms with Crippen molar-refractivity contribution in [2.75, 3.05) is 42.1 Å². The van der Waals surface area contributed by atoms with E-state index in [1.165, 1.54) is 0 Å². The molecule has 0 aliphatic carbocycles. The van der Waals surface area contributed by atoms with Crippen molar-refractivity contribution in [3.8, 4) is 0 Å². The molecule has 0 unspecified atom stereocenters. The standard InChI is InChI=1S/C16H19N5O/c17-13-4-6-14(7-5-13)19-16(22)21-11-9-20(10-12-21)15-3-1-2-8-18-15/h1-8H,9-12,17H2,(H,19,22). The Bertz CT molecular complexity index is 621. The summed E-state index contributed by atoms with van der Waals surface area (Å²) in [6.45, 7) is 2.92. The average molecular weight is 297 g/mol. The Hall–Kier alpha value is -2.76. The topological polar surface area (TPSA) is 74.5 Å². The second-order valence-corrected chi connectivity index (χ2v) is 5.21. The molecule has 114 valence electrons. The van der Waals surface area contributed by atoms with Crippen LogP contribution >= 0.6 is 0 Å². The van der Waals surface area contributed by atoms with Crippen molar-refractivity contribution in [2.24, 2.45) is 0 Å². The predicted molar refractivity (Wildman–Crippen MR) is 87.9 cm³/mol. The van der Waals surface area contributed by atoms with Crippen molar-refractivity contribution >= 4 is 23.2 Å². The lowest BCUT2D eigenvalue weighted by Crippen LogP contribution is -2.50. The molecule has 0 spiro atoms. The van der Waals surface area contributed by atoms with Gasteiger partial charge in [-0.05, 0) is 36.4 Å². The first-order chi connectivity index (χ1) is 10.7. The molecule has 1 fully saturated rings. The highest BCUT2D eigenvalue weighted by Crippen LogP contribution is 2.15. The summed E-state index contributed by atoms with van der Waals surface area (Å²) in [5.74, 6) is 0.959. The van der Waals surface area contributed by atoms with E-state index in [1.54, 1.807) is 30.5 Å². The number of pyridine rings is 1. The van der Waals surface area contributed by atoms with Crippen molar-refractivity contribution in [1.82, 2.24) is 9.88 Å². The average Bonchev–Trinajstić information content (AvgIpc) is 2.58. The molecule has 1 aliphatic rings. The first-order valence-corrected chi connectivity index (χ1v) is 7.30. The van der Waals surface area contributed by atoms with Gasteiger partial charge in [-0.3, -0.25) is 0 Å². The quantitative estimate of drug-likeness (QED) is 0.832. The second kappa shape index (κ2) is 6.34. The maximum absolute atomic E-state index is 12.2. The molecule has 1 aliphatic heterocycles. The smallest absolute Gasteiger partial charge is 0.321 e. The third-order valence-electron chi connectivity index (χ3n) is 3.70. The van der Waals surface area contributed by atoms with Crippen molar-refractivity contribution in [3.63, 3.8) is 0 Å². The van der Waals surface area contributed by atoms with Gasteiger partial charge < -0.3 is 20.9 Å². The Morgan fingerprint density at radius 1 is 1.05 bits per heavy atom. The van der Waals surface area contributed by atoms with Gasteiger partial charge in [-0.15, -0.1) is 0 Å². The lowest BCUT2D eigenvalue weighted by molar-refractivity contribution is 0.208. The number of nitrogens with one attached hydrogen (secondary N) is 1. The molecular weight excluding hydrogens is 278 g/mol. The van der Waals surface area contributed by atoms with E-state index in [0.717, 1.165) is 24.6 Å². The number of aromatic nitrogens is 1. The van der Waals surface area contributed by atoms with Crippen LogP contribution in [-0.4, -0.2) is 42.1 Å². The number of anilines is 3. The van der Waals surface area contributed by atoms with E-state index in [0.29, 0.717) is 18.8 Å². The van der Waals surface area contributed by atoms with Crippen molar-refractivity contribution in [3.05, 3.63) is 48.7 Å². The van der Waals surface area contributed by atoms with E-state index >= 15 is 0 Å². The van der Waals surface area contributed by atoms with E-state index in [4.69, 9.17) is 5.73 Å². The molecule has 3 rings (SSSR count). The third-order valence-corrected chi connectivity index (χ3v) is 3.70. The highest BCUT2D eigenvalue weighted by atomic mass is 16.2. The van der Waals surface area contributed by atoms with Crippen LogP contribution < -0.4 is 16.0 Å². The Kier molecular flexibility index (Phi) is 4.09. The SMILES string of the molecule is Nc1ccc(NC(=O)N2CCN(c3ccccn3)CC2)cc1. The lowest BCUT2D eigenvalue weighted by atomic mass is 10.3. The van der Waals surface area contributed by atoms with E-state index < -0.39 is 0 Å². The molecule has 3 N–H and O–H groups in total. The van der Waals surface area contributed by atoms with Gasteiger partial charge in [0.05, 0.1) is 0 Å².